The van der Waals surface area contributed by atoms with Crippen LogP contribution in [0, 0.1) is 5.82 Å². The smallest absolute Gasteiger partial charge is 0.141 e. The van der Waals surface area contributed by atoms with Gasteiger partial charge in [-0.2, -0.15) is 0 Å². The van der Waals surface area contributed by atoms with E-state index in [0.29, 0.717) is 11.6 Å². The van der Waals surface area contributed by atoms with E-state index in [1.165, 1.54) is 12.1 Å². The van der Waals surface area contributed by atoms with Gasteiger partial charge >= 0.3 is 0 Å². The Morgan fingerprint density at radius 3 is 2.62 bits per heavy atom. The highest BCUT2D eigenvalue weighted by Crippen LogP contribution is 2.26. The molecule has 6 heteroatoms. The Hall–Kier alpha value is -3.28. The molecule has 3 aromatic heterocycles. The molecule has 2 N–H and O–H groups in total. The van der Waals surface area contributed by atoms with Gasteiger partial charge in [-0.15, -0.1) is 0 Å². The SMILES string of the molecule is Cn1c(-c2cccc(F)c2)nc2cnc(-c3ccc(N)nc3)cc21. The molecule has 3 heterocycles. The zero-order valence-corrected chi connectivity index (χ0v) is 12.9. The van der Waals surface area contributed by atoms with E-state index in [1.54, 1.807) is 24.5 Å². The maximum absolute atomic E-state index is 13.5. The summed E-state index contributed by atoms with van der Waals surface area (Å²) in [6.45, 7) is 0. The Bertz CT molecular complexity index is 1040. The number of aryl methyl sites for hydroxylation is 1. The quantitative estimate of drug-likeness (QED) is 0.614. The molecule has 0 fully saturated rings. The van der Waals surface area contributed by atoms with Crippen molar-refractivity contribution in [3.8, 4) is 22.6 Å². The number of pyridine rings is 2. The average molecular weight is 319 g/mol. The van der Waals surface area contributed by atoms with Crippen molar-refractivity contribution in [2.45, 2.75) is 0 Å². The van der Waals surface area contributed by atoms with Crippen molar-refractivity contribution in [2.75, 3.05) is 5.73 Å². The molecule has 0 spiro atoms. The molecule has 0 aliphatic carbocycles. The van der Waals surface area contributed by atoms with Gasteiger partial charge < -0.3 is 10.3 Å². The zero-order chi connectivity index (χ0) is 16.7. The number of benzene rings is 1. The Labute approximate surface area is 137 Å². The lowest BCUT2D eigenvalue weighted by Crippen LogP contribution is -1.94. The zero-order valence-electron chi connectivity index (χ0n) is 12.9. The van der Waals surface area contributed by atoms with Crippen LogP contribution in [-0.2, 0) is 7.05 Å². The second-order valence-electron chi connectivity index (χ2n) is 5.53. The summed E-state index contributed by atoms with van der Waals surface area (Å²) in [5.74, 6) is 0.874. The van der Waals surface area contributed by atoms with E-state index < -0.39 is 0 Å². The predicted octanol–water partition coefficient (Wildman–Crippen LogP) is 3.42. The normalized spacial score (nSPS) is 11.1. The highest BCUT2D eigenvalue weighted by atomic mass is 19.1. The maximum Gasteiger partial charge on any atom is 0.141 e. The number of nitrogen functional groups attached to an aromatic ring is 1. The molecule has 0 saturated heterocycles. The van der Waals surface area contributed by atoms with Crippen molar-refractivity contribution < 1.29 is 4.39 Å². The number of imidazole rings is 1. The Morgan fingerprint density at radius 2 is 1.88 bits per heavy atom. The predicted molar refractivity (Wildman–Crippen MR) is 91.5 cm³/mol. The van der Waals surface area contributed by atoms with Crippen LogP contribution in [0.1, 0.15) is 0 Å². The van der Waals surface area contributed by atoms with Gasteiger partial charge in [0, 0.05) is 24.4 Å². The standard InChI is InChI=1S/C18H14FN5/c1-24-16-8-14(12-5-6-17(20)22-9-12)21-10-15(16)23-18(24)11-3-2-4-13(19)7-11/h2-10H,1H3,(H2,20,22). The summed E-state index contributed by atoms with van der Waals surface area (Å²) in [6, 6.07) is 12.0. The first kappa shape index (κ1) is 14.3. The number of nitrogens with two attached hydrogens (primary N) is 1. The summed E-state index contributed by atoms with van der Waals surface area (Å²) in [4.78, 5) is 13.1. The second kappa shape index (κ2) is 5.42. The molecular weight excluding hydrogens is 305 g/mol. The van der Waals surface area contributed by atoms with Crippen LogP contribution in [0.15, 0.2) is 54.9 Å². The van der Waals surface area contributed by atoms with Crippen LogP contribution in [0.2, 0.25) is 0 Å². The van der Waals surface area contributed by atoms with Gasteiger partial charge in [-0.25, -0.2) is 14.4 Å². The van der Waals surface area contributed by atoms with Gasteiger partial charge in [0.25, 0.3) is 0 Å². The molecule has 118 valence electrons. The highest BCUT2D eigenvalue weighted by molar-refractivity contribution is 5.83. The van der Waals surface area contributed by atoms with Gasteiger partial charge in [0.2, 0.25) is 0 Å². The molecule has 0 atom stereocenters. The second-order valence-corrected chi connectivity index (χ2v) is 5.53. The number of fused-ring (bicyclic) bond motifs is 1. The van der Waals surface area contributed by atoms with Crippen molar-refractivity contribution in [1.29, 1.82) is 0 Å². The van der Waals surface area contributed by atoms with Crippen molar-refractivity contribution in [3.63, 3.8) is 0 Å². The van der Waals surface area contributed by atoms with E-state index in [0.717, 1.165) is 27.9 Å². The topological polar surface area (TPSA) is 69.6 Å². The molecule has 24 heavy (non-hydrogen) atoms. The third-order valence-corrected chi connectivity index (χ3v) is 3.93. The van der Waals surface area contributed by atoms with Crippen LogP contribution in [-0.4, -0.2) is 19.5 Å². The lowest BCUT2D eigenvalue weighted by molar-refractivity contribution is 0.628. The monoisotopic (exact) mass is 319 g/mol. The molecule has 4 aromatic rings. The van der Waals surface area contributed by atoms with Crippen LogP contribution >= 0.6 is 0 Å². The fourth-order valence-corrected chi connectivity index (χ4v) is 2.70. The van der Waals surface area contributed by atoms with Gasteiger partial charge in [-0.1, -0.05) is 12.1 Å². The largest absolute Gasteiger partial charge is 0.384 e. The molecule has 5 nitrogen and oxygen atoms in total. The summed E-state index contributed by atoms with van der Waals surface area (Å²) in [6.07, 6.45) is 3.40. The Morgan fingerprint density at radius 1 is 1.00 bits per heavy atom. The number of rotatable bonds is 2. The van der Waals surface area contributed by atoms with Gasteiger partial charge in [0.05, 0.1) is 17.4 Å². The lowest BCUT2D eigenvalue weighted by atomic mass is 10.2. The Balaban J connectivity index is 1.86. The number of hydrogen-bond donors (Lipinski definition) is 1. The molecule has 0 saturated carbocycles. The molecule has 0 radical (unpaired) electrons. The molecule has 0 aliphatic heterocycles. The van der Waals surface area contributed by atoms with Crippen LogP contribution < -0.4 is 5.73 Å². The summed E-state index contributed by atoms with van der Waals surface area (Å²) in [7, 11) is 1.90. The third-order valence-electron chi connectivity index (χ3n) is 3.93. The van der Waals surface area contributed by atoms with E-state index in [1.807, 2.05) is 29.8 Å². The third kappa shape index (κ3) is 2.38. The fourth-order valence-electron chi connectivity index (χ4n) is 2.70. The van der Waals surface area contributed by atoms with Crippen LogP contribution in [0.5, 0.6) is 0 Å². The van der Waals surface area contributed by atoms with Gasteiger partial charge in [0.15, 0.2) is 0 Å². The Kier molecular flexibility index (Phi) is 3.23. The summed E-state index contributed by atoms with van der Waals surface area (Å²) >= 11 is 0. The molecule has 0 unspecified atom stereocenters. The first-order chi connectivity index (χ1) is 11.6. The van der Waals surface area contributed by atoms with Crippen molar-refractivity contribution in [1.82, 2.24) is 19.5 Å². The minimum atomic E-state index is -0.286. The molecule has 1 aromatic carbocycles. The average Bonchev–Trinajstić information content (AvgIpc) is 2.92. The maximum atomic E-state index is 13.5. The van der Waals surface area contributed by atoms with Gasteiger partial charge in [-0.3, -0.25) is 4.98 Å². The van der Waals surface area contributed by atoms with E-state index in [4.69, 9.17) is 5.73 Å². The fraction of sp³-hybridized carbons (Fsp3) is 0.0556. The van der Waals surface area contributed by atoms with E-state index >= 15 is 0 Å². The van der Waals surface area contributed by atoms with E-state index in [9.17, 15) is 4.39 Å². The summed E-state index contributed by atoms with van der Waals surface area (Å²) in [5.41, 5.74) is 9.67. The van der Waals surface area contributed by atoms with Crippen molar-refractivity contribution >= 4 is 16.9 Å². The minimum absolute atomic E-state index is 0.286. The number of aromatic nitrogens is 4. The highest BCUT2D eigenvalue weighted by Gasteiger charge is 2.12. The molecule has 4 rings (SSSR count). The lowest BCUT2D eigenvalue weighted by Gasteiger charge is -2.04. The molecular formula is C18H14FN5. The first-order valence-electron chi connectivity index (χ1n) is 7.42. The minimum Gasteiger partial charge on any atom is -0.384 e. The number of anilines is 1. The van der Waals surface area contributed by atoms with E-state index in [-0.39, 0.29) is 5.82 Å². The summed E-state index contributed by atoms with van der Waals surface area (Å²) in [5, 5.41) is 0. The first-order valence-corrected chi connectivity index (χ1v) is 7.42. The molecule has 0 bridgehead atoms. The number of halogens is 1. The summed E-state index contributed by atoms with van der Waals surface area (Å²) < 4.78 is 15.4. The number of nitrogens with zero attached hydrogens (tertiary/aromatic N) is 4. The van der Waals surface area contributed by atoms with Crippen LogP contribution in [0.3, 0.4) is 0 Å². The number of hydrogen-bond acceptors (Lipinski definition) is 4. The van der Waals surface area contributed by atoms with Crippen molar-refractivity contribution in [3.05, 3.63) is 60.7 Å². The van der Waals surface area contributed by atoms with Crippen LogP contribution in [0.25, 0.3) is 33.7 Å². The van der Waals surface area contributed by atoms with Gasteiger partial charge in [0.1, 0.15) is 23.0 Å². The van der Waals surface area contributed by atoms with E-state index in [2.05, 4.69) is 15.0 Å². The van der Waals surface area contributed by atoms with Crippen LogP contribution in [0.4, 0.5) is 10.2 Å². The van der Waals surface area contributed by atoms with Crippen molar-refractivity contribution in [2.24, 2.45) is 7.05 Å². The van der Waals surface area contributed by atoms with Gasteiger partial charge in [-0.05, 0) is 30.3 Å². The molecule has 0 amide bonds. The molecule has 0 aliphatic rings.